The molecule has 0 N–H and O–H groups in total. The Morgan fingerprint density at radius 3 is 2.13 bits per heavy atom. The molecule has 38 heavy (non-hydrogen) atoms. The molecule has 206 valence electrons. The topological polar surface area (TPSA) is 104 Å². The van der Waals surface area contributed by atoms with Crippen molar-refractivity contribution in [3.63, 3.8) is 0 Å². The van der Waals surface area contributed by atoms with Crippen LogP contribution in [0, 0.1) is 0 Å². The molecule has 1 aliphatic rings. The van der Waals surface area contributed by atoms with Crippen LogP contribution in [0.4, 0.5) is 5.82 Å². The number of fused-ring (bicyclic) bond motifs is 1. The molecule has 10 heteroatoms. The Labute approximate surface area is 225 Å². The molecule has 3 aromatic rings. The van der Waals surface area contributed by atoms with Gasteiger partial charge >= 0.3 is 10.1 Å². The predicted octanol–water partition coefficient (Wildman–Crippen LogP) is 5.15. The Bertz CT molecular complexity index is 1370. The van der Waals surface area contributed by atoms with Crippen LogP contribution in [0.1, 0.15) is 81.8 Å². The van der Waals surface area contributed by atoms with Gasteiger partial charge in [0.05, 0.1) is 30.3 Å². The molecule has 0 unspecified atom stereocenters. The van der Waals surface area contributed by atoms with Crippen LogP contribution in [-0.2, 0) is 26.2 Å². The number of ether oxygens (including phenoxy) is 2. The number of hydrogen-bond donors (Lipinski definition) is 0. The van der Waals surface area contributed by atoms with Crippen molar-refractivity contribution < 1.29 is 22.1 Å². The standard InChI is InChI=1S/C28H38N4O5S/c1-17(2)20-12-21(18(3)4)27(22(13-20)19(5)6)38(33,34)37-28-23-14-26(32-8-10-36-11-9-32)29-15-24(23)30-25(31-28)16-35-7/h12-15,17-19H,8-11,16H2,1-7H3. The number of morpholine rings is 1. The lowest BCUT2D eigenvalue weighted by Gasteiger charge is -2.28. The average Bonchev–Trinajstić information content (AvgIpc) is 2.88. The van der Waals surface area contributed by atoms with Crippen LogP contribution in [0.15, 0.2) is 29.3 Å². The summed E-state index contributed by atoms with van der Waals surface area (Å²) in [6, 6.07) is 5.77. The summed E-state index contributed by atoms with van der Waals surface area (Å²) in [5, 5.41) is 0.473. The van der Waals surface area contributed by atoms with E-state index in [1.807, 2.05) is 39.8 Å². The number of hydrogen-bond acceptors (Lipinski definition) is 9. The van der Waals surface area contributed by atoms with E-state index < -0.39 is 10.1 Å². The maximum atomic E-state index is 14.1. The highest BCUT2D eigenvalue weighted by Crippen LogP contribution is 2.37. The van der Waals surface area contributed by atoms with Crippen molar-refractivity contribution in [2.45, 2.75) is 70.8 Å². The van der Waals surface area contributed by atoms with Gasteiger partial charge in [0.1, 0.15) is 17.3 Å². The van der Waals surface area contributed by atoms with E-state index >= 15 is 0 Å². The monoisotopic (exact) mass is 542 g/mol. The van der Waals surface area contributed by atoms with E-state index in [9.17, 15) is 8.42 Å². The first-order valence-corrected chi connectivity index (χ1v) is 14.5. The zero-order valence-corrected chi connectivity index (χ0v) is 24.1. The second-order valence-corrected chi connectivity index (χ2v) is 12.1. The minimum atomic E-state index is -4.25. The highest BCUT2D eigenvalue weighted by atomic mass is 32.2. The lowest BCUT2D eigenvalue weighted by Crippen LogP contribution is -2.36. The number of benzene rings is 1. The molecule has 1 aromatic carbocycles. The predicted molar refractivity (Wildman–Crippen MR) is 148 cm³/mol. The summed E-state index contributed by atoms with van der Waals surface area (Å²) in [6.45, 7) is 14.9. The van der Waals surface area contributed by atoms with Gasteiger partial charge in [-0.3, -0.25) is 0 Å². The number of aromatic nitrogens is 3. The Balaban J connectivity index is 1.88. The summed E-state index contributed by atoms with van der Waals surface area (Å²) in [5.74, 6) is 1.19. The average molecular weight is 543 g/mol. The number of methoxy groups -OCH3 is 1. The van der Waals surface area contributed by atoms with E-state index in [-0.39, 0.29) is 35.1 Å². The van der Waals surface area contributed by atoms with Crippen molar-refractivity contribution in [1.29, 1.82) is 0 Å². The minimum absolute atomic E-state index is 0.0251. The third kappa shape index (κ3) is 5.92. The summed E-state index contributed by atoms with van der Waals surface area (Å²) in [6.07, 6.45) is 1.62. The van der Waals surface area contributed by atoms with Gasteiger partial charge in [0, 0.05) is 20.2 Å². The third-order valence-corrected chi connectivity index (χ3v) is 8.05. The van der Waals surface area contributed by atoms with Crippen molar-refractivity contribution in [3.05, 3.63) is 46.9 Å². The molecule has 0 radical (unpaired) electrons. The van der Waals surface area contributed by atoms with Gasteiger partial charge in [-0.25, -0.2) is 9.97 Å². The first-order valence-electron chi connectivity index (χ1n) is 13.1. The largest absolute Gasteiger partial charge is 0.378 e. The van der Waals surface area contributed by atoms with Gasteiger partial charge in [0.15, 0.2) is 5.82 Å². The van der Waals surface area contributed by atoms with Gasteiger partial charge in [-0.05, 0) is 40.5 Å². The molecule has 9 nitrogen and oxygen atoms in total. The van der Waals surface area contributed by atoms with Gasteiger partial charge in [-0.2, -0.15) is 13.4 Å². The van der Waals surface area contributed by atoms with E-state index in [4.69, 9.17) is 13.7 Å². The van der Waals surface area contributed by atoms with E-state index in [1.54, 1.807) is 12.3 Å². The summed E-state index contributed by atoms with van der Waals surface area (Å²) in [4.78, 5) is 15.9. The fourth-order valence-corrected chi connectivity index (χ4v) is 6.17. The first kappa shape index (κ1) is 28.2. The molecule has 3 heterocycles. The Kier molecular flexibility index (Phi) is 8.54. The van der Waals surface area contributed by atoms with Crippen molar-refractivity contribution in [2.24, 2.45) is 0 Å². The van der Waals surface area contributed by atoms with Crippen LogP contribution < -0.4 is 9.08 Å². The van der Waals surface area contributed by atoms with Crippen molar-refractivity contribution >= 4 is 26.8 Å². The minimum Gasteiger partial charge on any atom is -0.378 e. The number of rotatable bonds is 9. The first-order chi connectivity index (χ1) is 18.0. The summed E-state index contributed by atoms with van der Waals surface area (Å²) in [7, 11) is -2.72. The highest BCUT2D eigenvalue weighted by Gasteiger charge is 2.30. The van der Waals surface area contributed by atoms with Gasteiger partial charge < -0.3 is 18.6 Å². The summed E-state index contributed by atoms with van der Waals surface area (Å²) >= 11 is 0. The van der Waals surface area contributed by atoms with E-state index in [1.165, 1.54) is 7.11 Å². The molecule has 0 spiro atoms. The number of anilines is 1. The normalized spacial score (nSPS) is 14.7. The smallest absolute Gasteiger partial charge is 0.341 e. The molecule has 1 saturated heterocycles. The fourth-order valence-electron chi connectivity index (χ4n) is 4.59. The van der Waals surface area contributed by atoms with E-state index in [0.29, 0.717) is 48.8 Å². The van der Waals surface area contributed by atoms with Gasteiger partial charge in [0.2, 0.25) is 5.88 Å². The van der Waals surface area contributed by atoms with Crippen LogP contribution in [0.3, 0.4) is 0 Å². The maximum Gasteiger partial charge on any atom is 0.341 e. The molecule has 0 amide bonds. The zero-order chi connectivity index (χ0) is 27.6. The summed E-state index contributed by atoms with van der Waals surface area (Å²) < 4.78 is 44.8. The fraction of sp³-hybridized carbons (Fsp3) is 0.536. The molecule has 4 rings (SSSR count). The van der Waals surface area contributed by atoms with Gasteiger partial charge in [0.25, 0.3) is 0 Å². The van der Waals surface area contributed by atoms with Crippen LogP contribution in [0.25, 0.3) is 10.9 Å². The lowest BCUT2D eigenvalue weighted by molar-refractivity contribution is 0.122. The quantitative estimate of drug-likeness (QED) is 0.340. The van der Waals surface area contributed by atoms with Crippen LogP contribution in [-0.4, -0.2) is 56.8 Å². The third-order valence-electron chi connectivity index (χ3n) is 6.71. The molecule has 0 saturated carbocycles. The highest BCUT2D eigenvalue weighted by molar-refractivity contribution is 7.87. The van der Waals surface area contributed by atoms with Crippen LogP contribution >= 0.6 is 0 Å². The van der Waals surface area contributed by atoms with E-state index in [0.717, 1.165) is 16.7 Å². The van der Waals surface area contributed by atoms with Crippen LogP contribution in [0.2, 0.25) is 0 Å². The molecule has 0 aliphatic carbocycles. The Morgan fingerprint density at radius 1 is 0.947 bits per heavy atom. The molecular weight excluding hydrogens is 504 g/mol. The van der Waals surface area contributed by atoms with Crippen LogP contribution in [0.5, 0.6) is 5.88 Å². The second kappa shape index (κ2) is 11.5. The maximum absolute atomic E-state index is 14.1. The number of pyridine rings is 1. The molecule has 0 bridgehead atoms. The van der Waals surface area contributed by atoms with Crippen molar-refractivity contribution in [2.75, 3.05) is 38.3 Å². The molecule has 1 aliphatic heterocycles. The zero-order valence-electron chi connectivity index (χ0n) is 23.3. The van der Waals surface area contributed by atoms with Crippen molar-refractivity contribution in [1.82, 2.24) is 15.0 Å². The Hall–Kier alpha value is -2.82. The Morgan fingerprint density at radius 2 is 1.58 bits per heavy atom. The SMILES string of the molecule is COCc1nc(OS(=O)(=O)c2c(C(C)C)cc(C(C)C)cc2C(C)C)c2cc(N3CCOCC3)ncc2n1. The van der Waals surface area contributed by atoms with E-state index in [2.05, 4.69) is 33.7 Å². The van der Waals surface area contributed by atoms with Gasteiger partial charge in [-0.1, -0.05) is 53.7 Å². The molecule has 2 aromatic heterocycles. The van der Waals surface area contributed by atoms with Crippen molar-refractivity contribution in [3.8, 4) is 5.88 Å². The summed E-state index contributed by atoms with van der Waals surface area (Å²) in [5.41, 5.74) is 3.07. The molecular formula is C28H38N4O5S. The lowest BCUT2D eigenvalue weighted by atomic mass is 9.89. The number of nitrogens with zero attached hydrogens (tertiary/aromatic N) is 4. The second-order valence-electron chi connectivity index (χ2n) is 10.6. The molecule has 0 atom stereocenters. The van der Waals surface area contributed by atoms with Gasteiger partial charge in [-0.15, -0.1) is 0 Å². The molecule has 1 fully saturated rings.